The van der Waals surface area contributed by atoms with Crippen LogP contribution in [0.15, 0.2) is 57.9 Å². The van der Waals surface area contributed by atoms with Crippen molar-refractivity contribution in [3.05, 3.63) is 59.8 Å². The molecule has 0 bridgehead atoms. The van der Waals surface area contributed by atoms with Crippen LogP contribution in [0.1, 0.15) is 18.2 Å². The van der Waals surface area contributed by atoms with Crippen molar-refractivity contribution in [3.63, 3.8) is 0 Å². The summed E-state index contributed by atoms with van der Waals surface area (Å²) >= 11 is 0. The Labute approximate surface area is 141 Å². The number of nitrogens with zero attached hydrogens (tertiary/aromatic N) is 1. The lowest BCUT2D eigenvalue weighted by molar-refractivity contribution is 0.424. The number of sulfonamides is 1. The van der Waals surface area contributed by atoms with Gasteiger partial charge in [-0.3, -0.25) is 0 Å². The fourth-order valence-corrected chi connectivity index (χ4v) is 3.41. The standard InChI is InChI=1S/C18H18N2O3S/c1-3-15-17(14-6-4-5-7-16(14)24(19,21)22)18(23-20-15)13-10-8-12(2)9-11-13/h4-11H,3H2,1-2H3,(H2,19,21,22). The van der Waals surface area contributed by atoms with Gasteiger partial charge in [-0.05, 0) is 19.4 Å². The highest BCUT2D eigenvalue weighted by Gasteiger charge is 2.23. The maximum Gasteiger partial charge on any atom is 0.238 e. The van der Waals surface area contributed by atoms with Gasteiger partial charge in [-0.15, -0.1) is 0 Å². The number of hydrogen-bond acceptors (Lipinski definition) is 4. The summed E-state index contributed by atoms with van der Waals surface area (Å²) in [7, 11) is -3.86. The minimum atomic E-state index is -3.86. The molecule has 0 aliphatic heterocycles. The van der Waals surface area contributed by atoms with Crippen molar-refractivity contribution < 1.29 is 12.9 Å². The average Bonchev–Trinajstić information content (AvgIpc) is 2.98. The smallest absolute Gasteiger partial charge is 0.238 e. The molecule has 3 aromatic rings. The Morgan fingerprint density at radius 3 is 2.38 bits per heavy atom. The molecule has 0 atom stereocenters. The van der Waals surface area contributed by atoms with Gasteiger partial charge < -0.3 is 4.52 Å². The van der Waals surface area contributed by atoms with E-state index in [1.165, 1.54) is 6.07 Å². The van der Waals surface area contributed by atoms with Crippen molar-refractivity contribution >= 4 is 10.0 Å². The third-order valence-electron chi connectivity index (χ3n) is 3.87. The number of aromatic nitrogens is 1. The van der Waals surface area contributed by atoms with E-state index in [0.717, 1.165) is 11.1 Å². The lowest BCUT2D eigenvalue weighted by Crippen LogP contribution is -2.13. The molecular formula is C18H18N2O3S. The molecule has 0 amide bonds. The molecule has 3 rings (SSSR count). The first-order chi connectivity index (χ1) is 11.4. The van der Waals surface area contributed by atoms with Gasteiger partial charge in [0.2, 0.25) is 10.0 Å². The Balaban J connectivity index is 2.30. The van der Waals surface area contributed by atoms with Gasteiger partial charge in [0.15, 0.2) is 5.76 Å². The molecule has 0 saturated carbocycles. The van der Waals surface area contributed by atoms with E-state index in [2.05, 4.69) is 5.16 Å². The second-order valence-corrected chi connectivity index (χ2v) is 7.12. The van der Waals surface area contributed by atoms with E-state index in [0.29, 0.717) is 29.0 Å². The van der Waals surface area contributed by atoms with Gasteiger partial charge >= 0.3 is 0 Å². The monoisotopic (exact) mass is 342 g/mol. The maximum absolute atomic E-state index is 12.0. The van der Waals surface area contributed by atoms with Gasteiger partial charge in [-0.1, -0.05) is 60.1 Å². The van der Waals surface area contributed by atoms with Crippen LogP contribution in [-0.4, -0.2) is 13.6 Å². The second kappa shape index (κ2) is 6.22. The summed E-state index contributed by atoms with van der Waals surface area (Å²) in [5.74, 6) is 0.544. The zero-order valence-electron chi connectivity index (χ0n) is 13.5. The first-order valence-electron chi connectivity index (χ1n) is 7.59. The Bertz CT molecular complexity index is 974. The number of primary sulfonamides is 1. The van der Waals surface area contributed by atoms with Crippen molar-refractivity contribution in [3.8, 4) is 22.5 Å². The molecule has 0 radical (unpaired) electrons. The molecule has 0 unspecified atom stereocenters. The Morgan fingerprint density at radius 1 is 1.08 bits per heavy atom. The number of benzene rings is 2. The molecule has 0 spiro atoms. The molecule has 0 aliphatic carbocycles. The van der Waals surface area contributed by atoms with E-state index in [9.17, 15) is 8.42 Å². The highest BCUT2D eigenvalue weighted by molar-refractivity contribution is 7.89. The number of aryl methyl sites for hydroxylation is 2. The summed E-state index contributed by atoms with van der Waals surface area (Å²) < 4.78 is 29.5. The minimum Gasteiger partial charge on any atom is -0.355 e. The van der Waals surface area contributed by atoms with Crippen LogP contribution < -0.4 is 5.14 Å². The molecule has 5 nitrogen and oxygen atoms in total. The largest absolute Gasteiger partial charge is 0.355 e. The Kier molecular flexibility index (Phi) is 4.26. The summed E-state index contributed by atoms with van der Waals surface area (Å²) in [6.45, 7) is 3.94. The highest BCUT2D eigenvalue weighted by atomic mass is 32.2. The fraction of sp³-hybridized carbons (Fsp3) is 0.167. The normalized spacial score (nSPS) is 11.6. The number of nitrogens with two attached hydrogens (primary N) is 1. The SMILES string of the molecule is CCc1noc(-c2ccc(C)cc2)c1-c1ccccc1S(N)(=O)=O. The van der Waals surface area contributed by atoms with Crippen LogP contribution in [0, 0.1) is 6.92 Å². The summed E-state index contributed by atoms with van der Waals surface area (Å²) in [5, 5.41) is 9.51. The second-order valence-electron chi connectivity index (χ2n) is 5.59. The predicted molar refractivity (Wildman–Crippen MR) is 92.9 cm³/mol. The summed E-state index contributed by atoms with van der Waals surface area (Å²) in [4.78, 5) is 0.0660. The molecule has 0 fully saturated rings. The Morgan fingerprint density at radius 2 is 1.75 bits per heavy atom. The molecule has 0 aliphatic rings. The molecule has 124 valence electrons. The molecule has 6 heteroatoms. The van der Waals surface area contributed by atoms with Crippen molar-refractivity contribution in [1.29, 1.82) is 0 Å². The third kappa shape index (κ3) is 2.98. The van der Waals surface area contributed by atoms with Gasteiger partial charge in [0.05, 0.1) is 16.2 Å². The molecule has 24 heavy (non-hydrogen) atoms. The molecule has 1 aromatic heterocycles. The average molecular weight is 342 g/mol. The molecule has 2 aromatic carbocycles. The Hall–Kier alpha value is -2.44. The predicted octanol–water partition coefficient (Wildman–Crippen LogP) is 3.53. The van der Waals surface area contributed by atoms with Crippen LogP contribution in [-0.2, 0) is 16.4 Å². The molecular weight excluding hydrogens is 324 g/mol. The van der Waals surface area contributed by atoms with Gasteiger partial charge in [-0.25, -0.2) is 13.6 Å². The first-order valence-corrected chi connectivity index (χ1v) is 9.14. The van der Waals surface area contributed by atoms with Gasteiger partial charge in [0.25, 0.3) is 0 Å². The quantitative estimate of drug-likeness (QED) is 0.786. The topological polar surface area (TPSA) is 86.2 Å². The van der Waals surface area contributed by atoms with E-state index in [1.807, 2.05) is 38.1 Å². The van der Waals surface area contributed by atoms with Crippen molar-refractivity contribution in [2.45, 2.75) is 25.2 Å². The van der Waals surface area contributed by atoms with Gasteiger partial charge in [0.1, 0.15) is 0 Å². The van der Waals surface area contributed by atoms with Crippen LogP contribution in [0.4, 0.5) is 0 Å². The van der Waals surface area contributed by atoms with Crippen LogP contribution in [0.2, 0.25) is 0 Å². The molecule has 0 saturated heterocycles. The summed E-state index contributed by atoms with van der Waals surface area (Å²) in [6.07, 6.45) is 0.615. The maximum atomic E-state index is 12.0. The van der Waals surface area contributed by atoms with E-state index in [4.69, 9.17) is 9.66 Å². The van der Waals surface area contributed by atoms with Crippen LogP contribution >= 0.6 is 0 Å². The molecule has 2 N–H and O–H groups in total. The third-order valence-corrected chi connectivity index (χ3v) is 4.84. The number of hydrogen-bond donors (Lipinski definition) is 1. The van der Waals surface area contributed by atoms with E-state index < -0.39 is 10.0 Å². The van der Waals surface area contributed by atoms with Gasteiger partial charge in [0, 0.05) is 11.1 Å². The first kappa shape index (κ1) is 16.4. The van der Waals surface area contributed by atoms with Crippen LogP contribution in [0.5, 0.6) is 0 Å². The van der Waals surface area contributed by atoms with Crippen molar-refractivity contribution in [2.24, 2.45) is 5.14 Å². The lowest BCUT2D eigenvalue weighted by Gasteiger charge is -2.09. The van der Waals surface area contributed by atoms with Crippen LogP contribution in [0.25, 0.3) is 22.5 Å². The lowest BCUT2D eigenvalue weighted by atomic mass is 9.98. The fourth-order valence-electron chi connectivity index (χ4n) is 2.67. The van der Waals surface area contributed by atoms with E-state index in [-0.39, 0.29) is 4.90 Å². The highest BCUT2D eigenvalue weighted by Crippen LogP contribution is 2.38. The zero-order chi connectivity index (χ0) is 17.3. The van der Waals surface area contributed by atoms with E-state index in [1.54, 1.807) is 18.2 Å². The van der Waals surface area contributed by atoms with Crippen molar-refractivity contribution in [2.75, 3.05) is 0 Å². The zero-order valence-corrected chi connectivity index (χ0v) is 14.3. The van der Waals surface area contributed by atoms with Crippen molar-refractivity contribution in [1.82, 2.24) is 5.16 Å². The summed E-state index contributed by atoms with van der Waals surface area (Å²) in [5.41, 5.74) is 3.84. The molecule has 1 heterocycles. The van der Waals surface area contributed by atoms with Gasteiger partial charge in [-0.2, -0.15) is 0 Å². The summed E-state index contributed by atoms with van der Waals surface area (Å²) in [6, 6.07) is 14.4. The minimum absolute atomic E-state index is 0.0660. The van der Waals surface area contributed by atoms with Crippen LogP contribution in [0.3, 0.4) is 0 Å². The van der Waals surface area contributed by atoms with E-state index >= 15 is 0 Å². The number of rotatable bonds is 4.